The molecule has 27 heavy (non-hydrogen) atoms. The van der Waals surface area contributed by atoms with Crippen LogP contribution in [0.1, 0.15) is 25.0 Å². The highest BCUT2D eigenvalue weighted by molar-refractivity contribution is 6.54. The second-order valence-corrected chi connectivity index (χ2v) is 7.56. The maximum atomic E-state index is 12.9. The Bertz CT molecular complexity index is 957. The van der Waals surface area contributed by atoms with Gasteiger partial charge in [0, 0.05) is 10.6 Å². The Morgan fingerprint density at radius 2 is 1.85 bits per heavy atom. The van der Waals surface area contributed by atoms with Gasteiger partial charge in [-0.05, 0) is 35.9 Å². The van der Waals surface area contributed by atoms with Gasteiger partial charge in [-0.25, -0.2) is 4.79 Å². The first-order valence-electron chi connectivity index (χ1n) is 8.12. The lowest BCUT2D eigenvalue weighted by Crippen LogP contribution is -2.30. The fourth-order valence-corrected chi connectivity index (χ4v) is 3.04. The van der Waals surface area contributed by atoms with Gasteiger partial charge >= 0.3 is 5.97 Å². The molecule has 0 fully saturated rings. The van der Waals surface area contributed by atoms with Crippen LogP contribution in [0.3, 0.4) is 0 Å². The van der Waals surface area contributed by atoms with Gasteiger partial charge in [0.1, 0.15) is 0 Å². The van der Waals surface area contributed by atoms with Gasteiger partial charge < -0.3 is 9.74 Å². The zero-order chi connectivity index (χ0) is 19.7. The van der Waals surface area contributed by atoms with Gasteiger partial charge in [-0.15, -0.1) is 0 Å². The number of amides is 1. The van der Waals surface area contributed by atoms with Crippen molar-refractivity contribution in [3.63, 3.8) is 0 Å². The van der Waals surface area contributed by atoms with Gasteiger partial charge in [-0.1, -0.05) is 59.9 Å². The molecule has 0 spiro atoms. The molecule has 1 aliphatic heterocycles. The standard InChI is InChI=1S/C19H15Cl3N2O3/c1-10(2)19(26)27-23-17-13-8-12(20)4-6-16(13)24(18(17)25)9-11-3-5-14(21)15(22)7-11/h3-8,10H,9H2,1-2H3/b23-17-. The molecule has 0 saturated heterocycles. The van der Waals surface area contributed by atoms with Crippen LogP contribution in [-0.2, 0) is 21.0 Å². The van der Waals surface area contributed by atoms with Crippen LogP contribution in [0.25, 0.3) is 0 Å². The second kappa shape index (κ2) is 7.89. The Hall–Kier alpha value is -2.08. The lowest BCUT2D eigenvalue weighted by Gasteiger charge is -2.17. The van der Waals surface area contributed by atoms with E-state index >= 15 is 0 Å². The van der Waals surface area contributed by atoms with Crippen LogP contribution >= 0.6 is 34.8 Å². The van der Waals surface area contributed by atoms with E-state index in [2.05, 4.69) is 5.16 Å². The number of nitrogens with zero attached hydrogens (tertiary/aromatic N) is 2. The Morgan fingerprint density at radius 1 is 1.11 bits per heavy atom. The Morgan fingerprint density at radius 3 is 2.52 bits per heavy atom. The zero-order valence-electron chi connectivity index (χ0n) is 14.5. The first kappa shape index (κ1) is 19.7. The normalized spacial score (nSPS) is 14.8. The van der Waals surface area contributed by atoms with Gasteiger partial charge in [-0.3, -0.25) is 4.79 Å². The predicted octanol–water partition coefficient (Wildman–Crippen LogP) is 5.10. The van der Waals surface area contributed by atoms with E-state index in [0.29, 0.717) is 26.3 Å². The molecule has 8 heteroatoms. The average Bonchev–Trinajstić information content (AvgIpc) is 2.87. The van der Waals surface area contributed by atoms with Crippen molar-refractivity contribution in [2.24, 2.45) is 11.1 Å². The minimum atomic E-state index is -0.526. The molecular formula is C19H15Cl3N2O3. The van der Waals surface area contributed by atoms with Gasteiger partial charge in [0.2, 0.25) is 0 Å². The first-order chi connectivity index (χ1) is 12.8. The number of oxime groups is 1. The molecule has 0 radical (unpaired) electrons. The van der Waals surface area contributed by atoms with E-state index in [9.17, 15) is 9.59 Å². The van der Waals surface area contributed by atoms with Crippen molar-refractivity contribution >= 4 is 58.1 Å². The molecule has 140 valence electrons. The minimum Gasteiger partial charge on any atom is -0.317 e. The number of hydrogen-bond acceptors (Lipinski definition) is 4. The average molecular weight is 426 g/mol. The molecular weight excluding hydrogens is 411 g/mol. The molecule has 2 aromatic carbocycles. The summed E-state index contributed by atoms with van der Waals surface area (Å²) in [6, 6.07) is 10.2. The maximum Gasteiger partial charge on any atom is 0.337 e. The fraction of sp³-hybridized carbons (Fsp3) is 0.211. The summed E-state index contributed by atoms with van der Waals surface area (Å²) in [6.45, 7) is 3.61. The monoisotopic (exact) mass is 424 g/mol. The van der Waals surface area contributed by atoms with Crippen molar-refractivity contribution < 1.29 is 14.4 Å². The van der Waals surface area contributed by atoms with Crippen LogP contribution in [-0.4, -0.2) is 17.6 Å². The predicted molar refractivity (Wildman–Crippen MR) is 107 cm³/mol. The van der Waals surface area contributed by atoms with E-state index in [-0.39, 0.29) is 18.2 Å². The fourth-order valence-electron chi connectivity index (χ4n) is 2.55. The highest BCUT2D eigenvalue weighted by Gasteiger charge is 2.35. The summed E-state index contributed by atoms with van der Waals surface area (Å²) in [5.41, 5.74) is 1.94. The summed E-state index contributed by atoms with van der Waals surface area (Å²) in [7, 11) is 0. The molecule has 0 saturated carbocycles. The van der Waals surface area contributed by atoms with Crippen LogP contribution in [0.2, 0.25) is 15.1 Å². The third-order valence-electron chi connectivity index (χ3n) is 3.98. The molecule has 0 atom stereocenters. The van der Waals surface area contributed by atoms with Crippen molar-refractivity contribution in [2.45, 2.75) is 20.4 Å². The van der Waals surface area contributed by atoms with Gasteiger partial charge in [-0.2, -0.15) is 0 Å². The SMILES string of the molecule is CC(C)C(=O)O/N=C1\C(=O)N(Cc2ccc(Cl)c(Cl)c2)c2ccc(Cl)cc21. The third-order valence-corrected chi connectivity index (χ3v) is 4.95. The molecule has 2 aromatic rings. The van der Waals surface area contributed by atoms with E-state index < -0.39 is 11.9 Å². The topological polar surface area (TPSA) is 59.0 Å². The molecule has 0 aromatic heterocycles. The summed E-state index contributed by atoms with van der Waals surface area (Å²) in [6.07, 6.45) is 0. The van der Waals surface area contributed by atoms with Crippen LogP contribution in [0.4, 0.5) is 5.69 Å². The molecule has 0 aliphatic carbocycles. The Balaban J connectivity index is 1.96. The first-order valence-corrected chi connectivity index (χ1v) is 9.26. The summed E-state index contributed by atoms with van der Waals surface area (Å²) in [5, 5.41) is 5.08. The number of halogens is 3. The quantitative estimate of drug-likeness (QED) is 0.506. The molecule has 3 rings (SSSR count). The summed E-state index contributed by atoms with van der Waals surface area (Å²) in [4.78, 5) is 31.1. The lowest BCUT2D eigenvalue weighted by molar-refractivity contribution is -0.147. The van der Waals surface area contributed by atoms with E-state index in [0.717, 1.165) is 5.56 Å². The Kier molecular flexibility index (Phi) is 5.75. The van der Waals surface area contributed by atoms with Crippen LogP contribution in [0, 0.1) is 5.92 Å². The molecule has 1 amide bonds. The molecule has 5 nitrogen and oxygen atoms in total. The Labute approximate surface area is 171 Å². The molecule has 1 heterocycles. The number of rotatable bonds is 4. The molecule has 1 aliphatic rings. The van der Waals surface area contributed by atoms with Gasteiger partial charge in [0.05, 0.1) is 28.2 Å². The minimum absolute atomic E-state index is 0.0292. The highest BCUT2D eigenvalue weighted by Crippen LogP contribution is 2.34. The van der Waals surface area contributed by atoms with Crippen LogP contribution in [0.15, 0.2) is 41.6 Å². The van der Waals surface area contributed by atoms with Crippen molar-refractivity contribution in [2.75, 3.05) is 4.90 Å². The van der Waals surface area contributed by atoms with E-state index in [4.69, 9.17) is 39.6 Å². The molecule has 0 N–H and O–H groups in total. The number of benzene rings is 2. The smallest absolute Gasteiger partial charge is 0.317 e. The number of hydrogen-bond donors (Lipinski definition) is 0. The van der Waals surface area contributed by atoms with E-state index in [1.54, 1.807) is 50.2 Å². The van der Waals surface area contributed by atoms with E-state index in [1.807, 2.05) is 0 Å². The van der Waals surface area contributed by atoms with Gasteiger partial charge in [0.15, 0.2) is 5.71 Å². The van der Waals surface area contributed by atoms with Gasteiger partial charge in [0.25, 0.3) is 5.91 Å². The van der Waals surface area contributed by atoms with Crippen LogP contribution in [0.5, 0.6) is 0 Å². The molecule has 0 bridgehead atoms. The summed E-state index contributed by atoms with van der Waals surface area (Å²) < 4.78 is 0. The number of carbonyl (C=O) groups is 2. The lowest BCUT2D eigenvalue weighted by atomic mass is 10.1. The van der Waals surface area contributed by atoms with Crippen molar-refractivity contribution in [1.82, 2.24) is 0 Å². The van der Waals surface area contributed by atoms with E-state index in [1.165, 1.54) is 4.90 Å². The van der Waals surface area contributed by atoms with Crippen molar-refractivity contribution in [1.29, 1.82) is 0 Å². The number of anilines is 1. The van der Waals surface area contributed by atoms with Crippen LogP contribution < -0.4 is 4.90 Å². The van der Waals surface area contributed by atoms with Crippen molar-refractivity contribution in [3.8, 4) is 0 Å². The number of fused-ring (bicyclic) bond motifs is 1. The zero-order valence-corrected chi connectivity index (χ0v) is 16.8. The largest absolute Gasteiger partial charge is 0.337 e. The summed E-state index contributed by atoms with van der Waals surface area (Å²) >= 11 is 18.1. The van der Waals surface area contributed by atoms with Crippen molar-refractivity contribution in [3.05, 3.63) is 62.6 Å². The second-order valence-electron chi connectivity index (χ2n) is 6.31. The number of carbonyl (C=O) groups excluding carboxylic acids is 2. The highest BCUT2D eigenvalue weighted by atomic mass is 35.5. The molecule has 0 unspecified atom stereocenters. The third kappa shape index (κ3) is 4.10. The maximum absolute atomic E-state index is 12.9. The summed E-state index contributed by atoms with van der Waals surface area (Å²) in [5.74, 6) is -1.28.